The van der Waals surface area contributed by atoms with Crippen LogP contribution in [-0.2, 0) is 22.8 Å². The number of hydrogen-bond acceptors (Lipinski definition) is 7. The van der Waals surface area contributed by atoms with Crippen LogP contribution in [0.4, 0.5) is 0 Å². The summed E-state index contributed by atoms with van der Waals surface area (Å²) in [5, 5.41) is 7.06. The summed E-state index contributed by atoms with van der Waals surface area (Å²) in [4.78, 5) is 8.32. The van der Waals surface area contributed by atoms with E-state index in [4.69, 9.17) is 4.52 Å². The van der Waals surface area contributed by atoms with Crippen molar-refractivity contribution < 1.29 is 12.9 Å². The van der Waals surface area contributed by atoms with Crippen molar-refractivity contribution in [1.29, 1.82) is 0 Å². The number of nitrogens with one attached hydrogen (secondary N) is 1. The summed E-state index contributed by atoms with van der Waals surface area (Å²) in [6, 6.07) is 3.78. The summed E-state index contributed by atoms with van der Waals surface area (Å²) in [5.41, 5.74) is 1.01. The summed E-state index contributed by atoms with van der Waals surface area (Å²) >= 11 is 0. The van der Waals surface area contributed by atoms with E-state index in [9.17, 15) is 8.42 Å². The Bertz CT molecular complexity index is 699. The van der Waals surface area contributed by atoms with Gasteiger partial charge in [-0.2, -0.15) is 4.98 Å². The highest BCUT2D eigenvalue weighted by Gasteiger charge is 2.27. The van der Waals surface area contributed by atoms with Crippen molar-refractivity contribution in [3.63, 3.8) is 0 Å². The SMILES string of the molecule is O=S1(=O)CCC(NCc2nc(Cc3cccnc3)no2)C1. The normalized spacial score (nSPS) is 20.7. The maximum atomic E-state index is 11.4. The lowest BCUT2D eigenvalue weighted by atomic mass is 10.2. The molecule has 2 aromatic rings. The minimum Gasteiger partial charge on any atom is -0.338 e. The van der Waals surface area contributed by atoms with Gasteiger partial charge in [0.05, 0.1) is 18.1 Å². The first-order valence-corrected chi connectivity index (χ1v) is 8.57. The Kier molecular flexibility index (Phi) is 3.98. The third kappa shape index (κ3) is 3.85. The summed E-state index contributed by atoms with van der Waals surface area (Å²) < 4.78 is 27.9. The Balaban J connectivity index is 1.54. The molecule has 1 saturated heterocycles. The molecule has 7 nitrogen and oxygen atoms in total. The molecule has 0 bridgehead atoms. The third-order valence-electron chi connectivity index (χ3n) is 3.37. The second-order valence-electron chi connectivity index (χ2n) is 5.12. The highest BCUT2D eigenvalue weighted by atomic mass is 32.2. The first kappa shape index (κ1) is 14.2. The molecule has 1 N–H and O–H groups in total. The average Bonchev–Trinajstić information content (AvgIpc) is 3.04. The van der Waals surface area contributed by atoms with Crippen molar-refractivity contribution in [1.82, 2.24) is 20.4 Å². The van der Waals surface area contributed by atoms with Crippen molar-refractivity contribution in [2.75, 3.05) is 11.5 Å². The Morgan fingerprint density at radius 2 is 2.33 bits per heavy atom. The second-order valence-corrected chi connectivity index (χ2v) is 7.35. The van der Waals surface area contributed by atoms with Crippen LogP contribution in [-0.4, -0.2) is 41.1 Å². The Hall–Kier alpha value is -1.80. The van der Waals surface area contributed by atoms with Gasteiger partial charge in [-0.25, -0.2) is 8.42 Å². The lowest BCUT2D eigenvalue weighted by Gasteiger charge is -2.07. The van der Waals surface area contributed by atoms with Gasteiger partial charge in [0, 0.05) is 24.9 Å². The zero-order chi connectivity index (χ0) is 14.7. The molecule has 0 aromatic carbocycles. The number of nitrogens with zero attached hydrogens (tertiary/aromatic N) is 3. The lowest BCUT2D eigenvalue weighted by molar-refractivity contribution is 0.356. The van der Waals surface area contributed by atoms with Crippen LogP contribution in [0, 0.1) is 0 Å². The van der Waals surface area contributed by atoms with Crippen LogP contribution < -0.4 is 5.32 Å². The molecule has 0 saturated carbocycles. The predicted molar refractivity (Wildman–Crippen MR) is 75.2 cm³/mol. The minimum atomic E-state index is -2.87. The van der Waals surface area contributed by atoms with Crippen molar-refractivity contribution in [2.24, 2.45) is 0 Å². The van der Waals surface area contributed by atoms with Gasteiger partial charge in [-0.05, 0) is 18.1 Å². The van der Waals surface area contributed by atoms with Crippen LogP contribution in [0.3, 0.4) is 0 Å². The molecule has 8 heteroatoms. The number of sulfone groups is 1. The number of aromatic nitrogens is 3. The topological polar surface area (TPSA) is 98.0 Å². The number of rotatable bonds is 5. The molecule has 0 aliphatic carbocycles. The highest BCUT2D eigenvalue weighted by Crippen LogP contribution is 2.12. The van der Waals surface area contributed by atoms with E-state index in [0.29, 0.717) is 31.1 Å². The minimum absolute atomic E-state index is 0.0244. The Labute approximate surface area is 122 Å². The van der Waals surface area contributed by atoms with Crippen LogP contribution in [0.5, 0.6) is 0 Å². The van der Waals surface area contributed by atoms with Gasteiger partial charge in [0.1, 0.15) is 0 Å². The molecule has 3 rings (SSSR count). The monoisotopic (exact) mass is 308 g/mol. The molecular formula is C13H16N4O3S. The zero-order valence-electron chi connectivity index (χ0n) is 11.4. The van der Waals surface area contributed by atoms with E-state index in [1.54, 1.807) is 12.4 Å². The fraction of sp³-hybridized carbons (Fsp3) is 0.462. The van der Waals surface area contributed by atoms with Crippen LogP contribution in [0.25, 0.3) is 0 Å². The van der Waals surface area contributed by atoms with Gasteiger partial charge in [-0.15, -0.1) is 0 Å². The van der Waals surface area contributed by atoms with E-state index in [1.165, 1.54) is 0 Å². The van der Waals surface area contributed by atoms with E-state index in [1.807, 2.05) is 12.1 Å². The molecule has 0 amide bonds. The summed E-state index contributed by atoms with van der Waals surface area (Å²) in [7, 11) is -2.87. The molecule has 112 valence electrons. The molecule has 1 aliphatic rings. The Morgan fingerprint density at radius 1 is 1.43 bits per heavy atom. The molecular weight excluding hydrogens is 292 g/mol. The first-order valence-electron chi connectivity index (χ1n) is 6.75. The van der Waals surface area contributed by atoms with Gasteiger partial charge in [0.15, 0.2) is 15.7 Å². The van der Waals surface area contributed by atoms with Gasteiger partial charge < -0.3 is 9.84 Å². The van der Waals surface area contributed by atoms with E-state index < -0.39 is 9.84 Å². The second kappa shape index (κ2) is 5.90. The molecule has 1 unspecified atom stereocenters. The largest absolute Gasteiger partial charge is 0.338 e. The molecule has 21 heavy (non-hydrogen) atoms. The predicted octanol–water partition coefficient (Wildman–Crippen LogP) is 0.332. The molecule has 0 radical (unpaired) electrons. The summed E-state index contributed by atoms with van der Waals surface area (Å²) in [5.74, 6) is 1.50. The fourth-order valence-electron chi connectivity index (χ4n) is 2.31. The zero-order valence-corrected chi connectivity index (χ0v) is 12.2. The standard InChI is InChI=1S/C13H16N4O3S/c18-21(19)5-3-11(9-21)15-8-13-16-12(17-20-13)6-10-2-1-4-14-7-10/h1-2,4,7,11,15H,3,5-6,8-9H2. The molecule has 1 fully saturated rings. The highest BCUT2D eigenvalue weighted by molar-refractivity contribution is 7.91. The van der Waals surface area contributed by atoms with Crippen molar-refractivity contribution in [3.05, 3.63) is 41.8 Å². The molecule has 0 spiro atoms. The smallest absolute Gasteiger partial charge is 0.240 e. The maximum Gasteiger partial charge on any atom is 0.240 e. The van der Waals surface area contributed by atoms with Gasteiger partial charge in [0.2, 0.25) is 5.89 Å². The van der Waals surface area contributed by atoms with Crippen molar-refractivity contribution in [2.45, 2.75) is 25.4 Å². The van der Waals surface area contributed by atoms with Crippen LogP contribution in [0.2, 0.25) is 0 Å². The fourth-order valence-corrected chi connectivity index (χ4v) is 4.01. The van der Waals surface area contributed by atoms with Crippen molar-refractivity contribution >= 4 is 9.84 Å². The van der Waals surface area contributed by atoms with Crippen molar-refractivity contribution in [3.8, 4) is 0 Å². The quantitative estimate of drug-likeness (QED) is 0.850. The molecule has 3 heterocycles. The average molecular weight is 308 g/mol. The van der Waals surface area contributed by atoms with E-state index in [0.717, 1.165) is 5.56 Å². The van der Waals surface area contributed by atoms with Gasteiger partial charge in [0.25, 0.3) is 0 Å². The number of pyridine rings is 1. The van der Waals surface area contributed by atoms with Gasteiger partial charge >= 0.3 is 0 Å². The van der Waals surface area contributed by atoms with E-state index >= 15 is 0 Å². The van der Waals surface area contributed by atoms with Crippen LogP contribution in [0.1, 0.15) is 23.7 Å². The molecule has 1 atom stereocenters. The van der Waals surface area contributed by atoms with Crippen LogP contribution >= 0.6 is 0 Å². The van der Waals surface area contributed by atoms with E-state index in [-0.39, 0.29) is 17.5 Å². The van der Waals surface area contributed by atoms with Crippen LogP contribution in [0.15, 0.2) is 29.0 Å². The molecule has 1 aliphatic heterocycles. The van der Waals surface area contributed by atoms with E-state index in [2.05, 4.69) is 20.4 Å². The summed E-state index contributed by atoms with van der Waals surface area (Å²) in [6.45, 7) is 0.389. The first-order chi connectivity index (χ1) is 10.1. The lowest BCUT2D eigenvalue weighted by Crippen LogP contribution is -2.29. The van der Waals surface area contributed by atoms with Gasteiger partial charge in [-0.3, -0.25) is 4.98 Å². The molecule has 2 aromatic heterocycles. The Morgan fingerprint density at radius 3 is 3.05 bits per heavy atom. The number of hydrogen-bond donors (Lipinski definition) is 1. The maximum absolute atomic E-state index is 11.4. The summed E-state index contributed by atoms with van der Waals surface area (Å²) in [6.07, 6.45) is 4.68. The van der Waals surface area contributed by atoms with Gasteiger partial charge in [-0.1, -0.05) is 11.2 Å². The third-order valence-corrected chi connectivity index (χ3v) is 5.14.